The van der Waals surface area contributed by atoms with Crippen LogP contribution in [0.3, 0.4) is 0 Å². The Kier molecular flexibility index (Phi) is 7.42. The van der Waals surface area contributed by atoms with Gasteiger partial charge in [-0.05, 0) is 67.1 Å². The highest BCUT2D eigenvalue weighted by Gasteiger charge is 2.19. The topological polar surface area (TPSA) is 82.3 Å². The summed E-state index contributed by atoms with van der Waals surface area (Å²) in [5.74, 6) is 8.30. The van der Waals surface area contributed by atoms with Crippen LogP contribution in [0.4, 0.5) is 4.39 Å². The van der Waals surface area contributed by atoms with Crippen molar-refractivity contribution < 1.29 is 4.39 Å². The number of fused-ring (bicyclic) bond motifs is 1. The molecule has 6 nitrogen and oxygen atoms in total. The lowest BCUT2D eigenvalue weighted by atomic mass is 9.98. The Morgan fingerprint density at radius 3 is 2.62 bits per heavy atom. The molecule has 0 saturated carbocycles. The molecule has 3 heterocycles. The SMILES string of the molecule is C=C/C=C(/c1cc(F)cc(CNS(=C)(=C)C)c1)c1nc(-c2n[nH]c3ccc(/C(C=C)=C/C)nc23)[nH]c1C. The number of allylic oxidation sites excluding steroid dienone is 5. The molecule has 0 amide bonds. The van der Waals surface area contributed by atoms with Gasteiger partial charge in [0.1, 0.15) is 11.3 Å². The monoisotopic (exact) mass is 514 g/mol. The number of aromatic nitrogens is 5. The molecular formula is C29H31FN6S. The van der Waals surface area contributed by atoms with Crippen molar-refractivity contribution in [2.24, 2.45) is 0 Å². The Hall–Kier alpha value is -4.01. The van der Waals surface area contributed by atoms with Crippen molar-refractivity contribution in [3.8, 4) is 11.5 Å². The van der Waals surface area contributed by atoms with Crippen molar-refractivity contribution >= 4 is 43.3 Å². The zero-order valence-corrected chi connectivity index (χ0v) is 22.2. The molecule has 3 aromatic heterocycles. The van der Waals surface area contributed by atoms with Gasteiger partial charge in [0.2, 0.25) is 0 Å². The lowest BCUT2D eigenvalue weighted by molar-refractivity contribution is 0.624. The van der Waals surface area contributed by atoms with E-state index in [1.54, 1.807) is 12.2 Å². The predicted octanol–water partition coefficient (Wildman–Crippen LogP) is 6.31. The van der Waals surface area contributed by atoms with Crippen molar-refractivity contribution in [1.29, 1.82) is 0 Å². The van der Waals surface area contributed by atoms with E-state index in [0.29, 0.717) is 34.8 Å². The van der Waals surface area contributed by atoms with Crippen molar-refractivity contribution in [1.82, 2.24) is 29.9 Å². The van der Waals surface area contributed by atoms with E-state index in [4.69, 9.17) is 9.97 Å². The van der Waals surface area contributed by atoms with Gasteiger partial charge in [0.05, 0.1) is 16.9 Å². The van der Waals surface area contributed by atoms with E-state index in [2.05, 4.69) is 44.8 Å². The summed E-state index contributed by atoms with van der Waals surface area (Å²) in [6.07, 6.45) is 9.18. The number of hydrogen-bond acceptors (Lipinski definition) is 4. The summed E-state index contributed by atoms with van der Waals surface area (Å²) in [6, 6.07) is 8.81. The highest BCUT2D eigenvalue weighted by atomic mass is 32.2. The average Bonchev–Trinajstić information content (AvgIpc) is 3.44. The molecule has 1 aromatic carbocycles. The summed E-state index contributed by atoms with van der Waals surface area (Å²) < 4.78 is 17.9. The van der Waals surface area contributed by atoms with Crippen molar-refractivity contribution in [3.05, 3.63) is 102 Å². The second kappa shape index (κ2) is 10.5. The summed E-state index contributed by atoms with van der Waals surface area (Å²) in [5, 5.41) is 7.51. The molecule has 0 unspecified atom stereocenters. The molecule has 37 heavy (non-hydrogen) atoms. The highest BCUT2D eigenvalue weighted by Crippen LogP contribution is 2.31. The van der Waals surface area contributed by atoms with Crippen LogP contribution in [0.1, 0.15) is 35.1 Å². The minimum Gasteiger partial charge on any atom is -0.340 e. The zero-order chi connectivity index (χ0) is 26.7. The van der Waals surface area contributed by atoms with E-state index in [0.717, 1.165) is 33.6 Å². The molecule has 0 aliphatic heterocycles. The van der Waals surface area contributed by atoms with E-state index in [9.17, 15) is 4.39 Å². The Morgan fingerprint density at radius 1 is 1.16 bits per heavy atom. The number of aryl methyl sites for hydroxylation is 1. The van der Waals surface area contributed by atoms with Crippen LogP contribution >= 0.6 is 9.39 Å². The summed E-state index contributed by atoms with van der Waals surface area (Å²) >= 11 is 0. The molecule has 4 rings (SSSR count). The van der Waals surface area contributed by atoms with Crippen LogP contribution in [-0.4, -0.2) is 43.1 Å². The molecule has 0 bridgehead atoms. The molecule has 0 saturated heterocycles. The number of rotatable bonds is 9. The van der Waals surface area contributed by atoms with Crippen LogP contribution in [0.5, 0.6) is 0 Å². The van der Waals surface area contributed by atoms with E-state index in [-0.39, 0.29) is 5.82 Å². The first kappa shape index (κ1) is 26.1. The smallest absolute Gasteiger partial charge is 0.161 e. The second-order valence-corrected chi connectivity index (χ2v) is 11.8. The molecule has 0 fully saturated rings. The van der Waals surface area contributed by atoms with Crippen molar-refractivity contribution in [3.63, 3.8) is 0 Å². The van der Waals surface area contributed by atoms with Gasteiger partial charge in [-0.3, -0.25) is 9.82 Å². The molecular weight excluding hydrogens is 483 g/mol. The number of aromatic amines is 2. The number of nitrogens with zero attached hydrogens (tertiary/aromatic N) is 3. The lowest BCUT2D eigenvalue weighted by Gasteiger charge is -2.13. The van der Waals surface area contributed by atoms with Gasteiger partial charge < -0.3 is 4.98 Å². The Balaban J connectivity index is 1.79. The standard InChI is InChI=1S/C29H31FN6S/c1-8-11-23(21-14-19(15-22(30)16-21)17-31-37(5,6)7)26-18(4)32-29(34-26)28-27-25(35-36-28)13-12-24(33-27)20(9-2)10-3/h8-16,31H,1-2,5-6,17H2,3-4,7H3,(H,32,34)(H,35,36)/b20-10+,23-11-. The second-order valence-electron chi connectivity index (χ2n) is 8.93. The maximum absolute atomic E-state index is 14.7. The molecule has 0 aliphatic carbocycles. The fraction of sp³-hybridized carbons (Fsp3) is 0.138. The van der Waals surface area contributed by atoms with Crippen LogP contribution < -0.4 is 4.72 Å². The van der Waals surface area contributed by atoms with Crippen LogP contribution in [0.15, 0.2) is 67.8 Å². The quantitative estimate of drug-likeness (QED) is 0.181. The zero-order valence-electron chi connectivity index (χ0n) is 21.4. The molecule has 0 radical (unpaired) electrons. The summed E-state index contributed by atoms with van der Waals surface area (Å²) in [4.78, 5) is 13.0. The third-order valence-corrected chi connectivity index (χ3v) is 6.62. The van der Waals surface area contributed by atoms with Gasteiger partial charge in [-0.25, -0.2) is 14.4 Å². The Morgan fingerprint density at radius 2 is 1.95 bits per heavy atom. The van der Waals surface area contributed by atoms with Crippen LogP contribution in [0.2, 0.25) is 0 Å². The third-order valence-electron chi connectivity index (χ3n) is 5.78. The normalized spacial score (nSPS) is 12.8. The summed E-state index contributed by atoms with van der Waals surface area (Å²) in [6.45, 7) is 12.1. The first-order chi connectivity index (χ1) is 17.6. The molecule has 3 N–H and O–H groups in total. The maximum atomic E-state index is 14.7. The number of imidazole rings is 1. The molecule has 0 atom stereocenters. The molecule has 8 heteroatoms. The van der Waals surface area contributed by atoms with E-state index < -0.39 is 9.39 Å². The van der Waals surface area contributed by atoms with Gasteiger partial charge in [0.25, 0.3) is 0 Å². The van der Waals surface area contributed by atoms with Crippen LogP contribution in [-0.2, 0) is 6.54 Å². The maximum Gasteiger partial charge on any atom is 0.161 e. The predicted molar refractivity (Wildman–Crippen MR) is 158 cm³/mol. The van der Waals surface area contributed by atoms with Crippen molar-refractivity contribution in [2.75, 3.05) is 6.26 Å². The Bertz CT molecular complexity index is 1670. The van der Waals surface area contributed by atoms with Gasteiger partial charge in [0, 0.05) is 17.8 Å². The number of H-pyrrole nitrogens is 2. The third kappa shape index (κ3) is 5.71. The highest BCUT2D eigenvalue weighted by molar-refractivity contribution is 8.25. The number of hydrogen-bond donors (Lipinski definition) is 3. The minimum atomic E-state index is -1.43. The molecule has 190 valence electrons. The summed E-state index contributed by atoms with van der Waals surface area (Å²) in [7, 11) is -1.43. The average molecular weight is 515 g/mol. The van der Waals surface area contributed by atoms with Gasteiger partial charge in [-0.15, -0.1) is 0 Å². The Labute approximate surface area is 217 Å². The number of benzene rings is 1. The van der Waals surface area contributed by atoms with E-state index in [1.807, 2.05) is 50.5 Å². The van der Waals surface area contributed by atoms with Gasteiger partial charge in [0.15, 0.2) is 11.5 Å². The van der Waals surface area contributed by atoms with Crippen LogP contribution in [0.25, 0.3) is 33.7 Å². The molecule has 4 aromatic rings. The first-order valence-corrected chi connectivity index (χ1v) is 14.0. The van der Waals surface area contributed by atoms with Crippen molar-refractivity contribution in [2.45, 2.75) is 20.4 Å². The van der Waals surface area contributed by atoms with Gasteiger partial charge >= 0.3 is 0 Å². The largest absolute Gasteiger partial charge is 0.340 e. The lowest BCUT2D eigenvalue weighted by Crippen LogP contribution is -2.08. The van der Waals surface area contributed by atoms with Gasteiger partial charge in [-0.2, -0.15) is 14.5 Å². The molecule has 0 aliphatic rings. The first-order valence-electron chi connectivity index (χ1n) is 11.7. The molecule has 0 spiro atoms. The number of pyridine rings is 1. The van der Waals surface area contributed by atoms with E-state index >= 15 is 0 Å². The summed E-state index contributed by atoms with van der Waals surface area (Å²) in [5.41, 5.74) is 7.53. The number of nitrogens with one attached hydrogen (secondary N) is 3. The minimum absolute atomic E-state index is 0.334. The van der Waals surface area contributed by atoms with E-state index in [1.165, 1.54) is 12.1 Å². The fourth-order valence-corrected chi connectivity index (χ4v) is 4.54. The van der Waals surface area contributed by atoms with Crippen LogP contribution in [0, 0.1) is 12.7 Å². The van der Waals surface area contributed by atoms with Gasteiger partial charge in [-0.1, -0.05) is 49.2 Å². The fourth-order valence-electron chi connectivity index (χ4n) is 4.03. The number of halogens is 1.